The van der Waals surface area contributed by atoms with E-state index in [0.29, 0.717) is 0 Å². The van der Waals surface area contributed by atoms with Gasteiger partial charge >= 0.3 is 0 Å². The van der Waals surface area contributed by atoms with E-state index in [1.807, 2.05) is 42.5 Å². The number of rotatable bonds is 3. The van der Waals surface area contributed by atoms with Gasteiger partial charge in [-0.05, 0) is 30.2 Å². The molecule has 3 rings (SSSR count). The van der Waals surface area contributed by atoms with Crippen molar-refractivity contribution < 1.29 is 9.53 Å². The minimum atomic E-state index is -0.815. The molecule has 0 saturated carbocycles. The number of Topliss-reactive ketones (excluding diaryl/α,β-unsaturated/α-hetero) is 1. The van der Waals surface area contributed by atoms with Crippen LogP contribution >= 0.6 is 0 Å². The summed E-state index contributed by atoms with van der Waals surface area (Å²) in [5.74, 6) is 0.0301. The van der Waals surface area contributed by atoms with Gasteiger partial charge in [0, 0.05) is 12.4 Å². The van der Waals surface area contributed by atoms with Crippen LogP contribution in [0.3, 0.4) is 0 Å². The molecule has 1 aliphatic rings. The number of aromatic nitrogens is 1. The first-order chi connectivity index (χ1) is 8.75. The van der Waals surface area contributed by atoms with Crippen LogP contribution < -0.4 is 0 Å². The van der Waals surface area contributed by atoms with Crippen LogP contribution in [0, 0.1) is 0 Å². The Morgan fingerprint density at radius 2 is 1.83 bits per heavy atom. The molecule has 2 aromatic rings. The topological polar surface area (TPSA) is 42.5 Å². The molecule has 1 aromatic heterocycles. The van der Waals surface area contributed by atoms with Crippen molar-refractivity contribution in [2.75, 3.05) is 0 Å². The highest BCUT2D eigenvalue weighted by atomic mass is 16.6. The van der Waals surface area contributed by atoms with Gasteiger partial charge in [0.25, 0.3) is 0 Å². The lowest BCUT2D eigenvalue weighted by atomic mass is 9.89. The minimum absolute atomic E-state index is 0.0301. The van der Waals surface area contributed by atoms with Crippen molar-refractivity contribution in [3.63, 3.8) is 0 Å². The highest BCUT2D eigenvalue weighted by Gasteiger charge is 2.62. The number of ketones is 1. The van der Waals surface area contributed by atoms with E-state index in [1.54, 1.807) is 19.3 Å². The third-order valence-corrected chi connectivity index (χ3v) is 3.35. The largest absolute Gasteiger partial charge is 0.347 e. The summed E-state index contributed by atoms with van der Waals surface area (Å²) < 4.78 is 5.76. The van der Waals surface area contributed by atoms with Crippen molar-refractivity contribution in [2.45, 2.75) is 18.6 Å². The first-order valence-electron chi connectivity index (χ1n) is 5.89. The third-order valence-electron chi connectivity index (χ3n) is 3.35. The van der Waals surface area contributed by atoms with Gasteiger partial charge in [-0.25, -0.2) is 0 Å². The van der Waals surface area contributed by atoms with E-state index in [2.05, 4.69) is 4.98 Å². The van der Waals surface area contributed by atoms with Gasteiger partial charge in [0.1, 0.15) is 6.10 Å². The van der Waals surface area contributed by atoms with Crippen LogP contribution in [-0.4, -0.2) is 10.8 Å². The van der Waals surface area contributed by atoms with E-state index in [9.17, 15) is 4.79 Å². The molecule has 1 aliphatic heterocycles. The molecule has 0 N–H and O–H groups in total. The molecule has 0 amide bonds. The summed E-state index contributed by atoms with van der Waals surface area (Å²) in [5.41, 5.74) is 1.09. The van der Waals surface area contributed by atoms with E-state index in [1.165, 1.54) is 0 Å². The number of nitrogens with zero attached hydrogens (tertiary/aromatic N) is 1. The number of ether oxygens (including phenoxy) is 1. The predicted molar refractivity (Wildman–Crippen MR) is 66.9 cm³/mol. The number of carbonyl (C=O) groups is 1. The zero-order valence-corrected chi connectivity index (χ0v) is 10.0. The fourth-order valence-corrected chi connectivity index (χ4v) is 2.37. The fourth-order valence-electron chi connectivity index (χ4n) is 2.37. The Labute approximate surface area is 105 Å². The van der Waals surface area contributed by atoms with Crippen LogP contribution in [0.1, 0.15) is 24.2 Å². The Bertz CT molecular complexity index is 568. The molecule has 3 heteroatoms. The van der Waals surface area contributed by atoms with Crippen LogP contribution in [0.5, 0.6) is 0 Å². The molecule has 2 atom stereocenters. The SMILES string of the molecule is CC(=O)C1(c2ccncc2)OC1c1ccccc1. The molecule has 1 saturated heterocycles. The molecular formula is C15H13NO2. The molecule has 0 spiro atoms. The normalized spacial score (nSPS) is 25.7. The molecule has 3 nitrogen and oxygen atoms in total. The molecule has 0 bridgehead atoms. The van der Waals surface area contributed by atoms with Crippen molar-refractivity contribution in [2.24, 2.45) is 0 Å². The summed E-state index contributed by atoms with van der Waals surface area (Å²) in [6.07, 6.45) is 3.19. The van der Waals surface area contributed by atoms with Crippen LogP contribution in [0.2, 0.25) is 0 Å². The van der Waals surface area contributed by atoms with E-state index < -0.39 is 5.60 Å². The van der Waals surface area contributed by atoms with Crippen LogP contribution in [0.15, 0.2) is 54.9 Å². The second-order valence-corrected chi connectivity index (χ2v) is 4.44. The van der Waals surface area contributed by atoms with Crippen molar-refractivity contribution >= 4 is 5.78 Å². The fraction of sp³-hybridized carbons (Fsp3) is 0.200. The Kier molecular flexibility index (Phi) is 2.49. The minimum Gasteiger partial charge on any atom is -0.347 e. The molecule has 0 radical (unpaired) electrons. The van der Waals surface area contributed by atoms with Crippen molar-refractivity contribution in [1.29, 1.82) is 0 Å². The van der Waals surface area contributed by atoms with Gasteiger partial charge in [-0.2, -0.15) is 0 Å². The number of hydrogen-bond donors (Lipinski definition) is 0. The summed E-state index contributed by atoms with van der Waals surface area (Å²) in [7, 11) is 0. The molecular weight excluding hydrogens is 226 g/mol. The molecule has 2 heterocycles. The second kappa shape index (κ2) is 4.03. The van der Waals surface area contributed by atoms with Gasteiger partial charge in [0.2, 0.25) is 0 Å². The van der Waals surface area contributed by atoms with Crippen molar-refractivity contribution in [1.82, 2.24) is 4.98 Å². The van der Waals surface area contributed by atoms with Crippen LogP contribution in [0.25, 0.3) is 0 Å². The highest BCUT2D eigenvalue weighted by molar-refractivity contribution is 5.90. The first-order valence-corrected chi connectivity index (χ1v) is 5.89. The standard InChI is InChI=1S/C15H13NO2/c1-11(17)15(13-7-9-16-10-8-13)14(18-15)12-5-3-2-4-6-12/h2-10,14H,1H3. The molecule has 0 aliphatic carbocycles. The molecule has 18 heavy (non-hydrogen) atoms. The first kappa shape index (κ1) is 11.1. The van der Waals surface area contributed by atoms with Crippen LogP contribution in [0.4, 0.5) is 0 Å². The number of epoxide rings is 1. The van der Waals surface area contributed by atoms with Gasteiger partial charge < -0.3 is 4.74 Å². The Morgan fingerprint density at radius 1 is 1.17 bits per heavy atom. The number of pyridine rings is 1. The number of benzene rings is 1. The average Bonchev–Trinajstić information content (AvgIpc) is 3.18. The molecule has 1 aromatic carbocycles. The predicted octanol–water partition coefficient (Wildman–Crippen LogP) is 2.64. The Hall–Kier alpha value is -2.00. The van der Waals surface area contributed by atoms with Gasteiger partial charge in [-0.3, -0.25) is 9.78 Å². The van der Waals surface area contributed by atoms with Crippen molar-refractivity contribution in [3.05, 3.63) is 66.0 Å². The summed E-state index contributed by atoms with van der Waals surface area (Å²) in [5, 5.41) is 0. The Balaban J connectivity index is 2.01. The lowest BCUT2D eigenvalue weighted by Crippen LogP contribution is -2.20. The third kappa shape index (κ3) is 1.56. The summed E-state index contributed by atoms with van der Waals surface area (Å²) in [6.45, 7) is 1.57. The Morgan fingerprint density at radius 3 is 2.44 bits per heavy atom. The number of carbonyl (C=O) groups excluding carboxylic acids is 1. The average molecular weight is 239 g/mol. The summed E-state index contributed by atoms with van der Waals surface area (Å²) >= 11 is 0. The lowest BCUT2D eigenvalue weighted by molar-refractivity contribution is -0.122. The highest BCUT2D eigenvalue weighted by Crippen LogP contribution is 2.57. The maximum atomic E-state index is 12.0. The molecule has 2 unspecified atom stereocenters. The lowest BCUT2D eigenvalue weighted by Gasteiger charge is -2.09. The van der Waals surface area contributed by atoms with Gasteiger partial charge in [0.05, 0.1) is 0 Å². The smallest absolute Gasteiger partial charge is 0.182 e. The summed E-state index contributed by atoms with van der Waals surface area (Å²) in [4.78, 5) is 15.9. The van der Waals surface area contributed by atoms with Gasteiger partial charge in [-0.1, -0.05) is 30.3 Å². The molecule has 90 valence electrons. The van der Waals surface area contributed by atoms with E-state index >= 15 is 0 Å². The molecule has 1 fully saturated rings. The zero-order valence-electron chi connectivity index (χ0n) is 10.0. The van der Waals surface area contributed by atoms with E-state index in [4.69, 9.17) is 4.74 Å². The maximum Gasteiger partial charge on any atom is 0.182 e. The van der Waals surface area contributed by atoms with Crippen LogP contribution in [-0.2, 0) is 15.1 Å². The van der Waals surface area contributed by atoms with Crippen molar-refractivity contribution in [3.8, 4) is 0 Å². The monoisotopic (exact) mass is 239 g/mol. The van der Waals surface area contributed by atoms with Gasteiger partial charge in [0.15, 0.2) is 11.4 Å². The van der Waals surface area contributed by atoms with E-state index in [0.717, 1.165) is 11.1 Å². The van der Waals surface area contributed by atoms with E-state index in [-0.39, 0.29) is 11.9 Å². The summed E-state index contributed by atoms with van der Waals surface area (Å²) in [6, 6.07) is 13.5. The second-order valence-electron chi connectivity index (χ2n) is 4.44. The number of hydrogen-bond acceptors (Lipinski definition) is 3. The zero-order chi connectivity index (χ0) is 12.6. The van der Waals surface area contributed by atoms with Gasteiger partial charge in [-0.15, -0.1) is 0 Å². The maximum absolute atomic E-state index is 12.0. The quantitative estimate of drug-likeness (QED) is 0.773.